The van der Waals surface area contributed by atoms with Gasteiger partial charge in [-0.05, 0) is 26.0 Å². The second-order valence-corrected chi connectivity index (χ2v) is 8.05. The van der Waals surface area contributed by atoms with Gasteiger partial charge in [0.05, 0.1) is 5.69 Å². The van der Waals surface area contributed by atoms with Crippen molar-refractivity contribution in [3.8, 4) is 5.75 Å². The molecule has 0 unspecified atom stereocenters. The summed E-state index contributed by atoms with van der Waals surface area (Å²) in [6, 6.07) is 10.9. The molecule has 7 heteroatoms. The molecule has 0 atom stereocenters. The third-order valence-corrected chi connectivity index (χ3v) is 4.28. The molecule has 1 N–H and O–H groups in total. The summed E-state index contributed by atoms with van der Waals surface area (Å²) < 4.78 is 7.16. The van der Waals surface area contributed by atoms with E-state index in [-0.39, 0.29) is 36.4 Å². The molecule has 1 heterocycles. The molecule has 0 aliphatic rings. The number of amides is 2. The van der Waals surface area contributed by atoms with Gasteiger partial charge in [-0.25, -0.2) is 0 Å². The van der Waals surface area contributed by atoms with E-state index in [9.17, 15) is 9.59 Å². The van der Waals surface area contributed by atoms with E-state index in [1.165, 1.54) is 4.90 Å². The van der Waals surface area contributed by atoms with Crippen molar-refractivity contribution in [1.82, 2.24) is 14.7 Å². The summed E-state index contributed by atoms with van der Waals surface area (Å²) in [5.74, 6) is 0.708. The fraction of sp³-hybridized carbons (Fsp3) is 0.476. The maximum Gasteiger partial charge on any atom is 0.261 e. The van der Waals surface area contributed by atoms with Crippen LogP contribution >= 0.6 is 0 Å². The van der Waals surface area contributed by atoms with Crippen LogP contribution in [0.5, 0.6) is 5.75 Å². The summed E-state index contributed by atoms with van der Waals surface area (Å²) in [5.41, 5.74) is 0.772. The highest BCUT2D eigenvalue weighted by Gasteiger charge is 2.23. The molecule has 152 valence electrons. The average molecular weight is 386 g/mol. The van der Waals surface area contributed by atoms with Crippen LogP contribution in [0.2, 0.25) is 0 Å². The Labute approximate surface area is 166 Å². The second kappa shape index (κ2) is 8.91. The minimum atomic E-state index is -0.273. The molecule has 2 amide bonds. The lowest BCUT2D eigenvalue weighted by atomic mass is 9.92. The van der Waals surface area contributed by atoms with Crippen LogP contribution < -0.4 is 10.1 Å². The first-order valence-electron chi connectivity index (χ1n) is 9.39. The summed E-state index contributed by atoms with van der Waals surface area (Å²) in [7, 11) is 1.78. The van der Waals surface area contributed by atoms with Gasteiger partial charge < -0.3 is 15.0 Å². The van der Waals surface area contributed by atoms with E-state index in [4.69, 9.17) is 4.74 Å². The van der Waals surface area contributed by atoms with Crippen molar-refractivity contribution in [2.45, 2.75) is 46.1 Å². The Morgan fingerprint density at radius 1 is 1.21 bits per heavy atom. The first-order chi connectivity index (χ1) is 13.1. The van der Waals surface area contributed by atoms with Gasteiger partial charge in [0.15, 0.2) is 6.61 Å². The number of aryl methyl sites for hydroxylation is 1. The Balaban J connectivity index is 1.98. The molecular formula is C21H30N4O3. The smallest absolute Gasteiger partial charge is 0.261 e. The molecular weight excluding hydrogens is 356 g/mol. The van der Waals surface area contributed by atoms with E-state index in [1.54, 1.807) is 23.9 Å². The minimum Gasteiger partial charge on any atom is -0.484 e. The van der Waals surface area contributed by atoms with Gasteiger partial charge in [0.2, 0.25) is 5.91 Å². The first kappa shape index (κ1) is 21.5. The summed E-state index contributed by atoms with van der Waals surface area (Å²) in [6.07, 6.45) is 0. The molecule has 2 aromatic rings. The highest BCUT2D eigenvalue weighted by atomic mass is 16.5. The molecule has 0 fully saturated rings. The molecule has 7 nitrogen and oxygen atoms in total. The third-order valence-electron chi connectivity index (χ3n) is 4.28. The quantitative estimate of drug-likeness (QED) is 0.794. The van der Waals surface area contributed by atoms with Crippen LogP contribution in [0.3, 0.4) is 0 Å². The number of aromatic nitrogens is 2. The highest BCUT2D eigenvalue weighted by Crippen LogP contribution is 2.23. The molecule has 28 heavy (non-hydrogen) atoms. The van der Waals surface area contributed by atoms with E-state index in [2.05, 4.69) is 31.2 Å². The number of hydrogen-bond acceptors (Lipinski definition) is 4. The van der Waals surface area contributed by atoms with Crippen molar-refractivity contribution in [3.05, 3.63) is 42.1 Å². The van der Waals surface area contributed by atoms with Crippen molar-refractivity contribution in [2.75, 3.05) is 18.5 Å². The van der Waals surface area contributed by atoms with E-state index in [0.717, 1.165) is 5.69 Å². The van der Waals surface area contributed by atoms with E-state index >= 15 is 0 Å². The zero-order valence-electron chi connectivity index (χ0n) is 17.5. The van der Waals surface area contributed by atoms with Crippen LogP contribution in [0.1, 0.15) is 40.3 Å². The first-order valence-corrected chi connectivity index (χ1v) is 9.39. The number of benzene rings is 1. The van der Waals surface area contributed by atoms with Crippen LogP contribution in [0.15, 0.2) is 36.4 Å². The minimum absolute atomic E-state index is 0.0509. The van der Waals surface area contributed by atoms with Crippen molar-refractivity contribution >= 4 is 17.6 Å². The molecule has 1 aromatic carbocycles. The number of rotatable bonds is 7. The second-order valence-electron chi connectivity index (χ2n) is 8.05. The molecule has 0 spiro atoms. The van der Waals surface area contributed by atoms with Gasteiger partial charge in [-0.2, -0.15) is 5.10 Å². The topological polar surface area (TPSA) is 76.5 Å². The number of nitrogens with zero attached hydrogens (tertiary/aromatic N) is 3. The predicted octanol–water partition coefficient (Wildman–Crippen LogP) is 2.97. The van der Waals surface area contributed by atoms with E-state index in [1.807, 2.05) is 38.1 Å². The average Bonchev–Trinajstić information content (AvgIpc) is 2.99. The number of para-hydroxylation sites is 1. The van der Waals surface area contributed by atoms with Gasteiger partial charge in [-0.15, -0.1) is 0 Å². The van der Waals surface area contributed by atoms with Crippen LogP contribution in [-0.2, 0) is 22.1 Å². The van der Waals surface area contributed by atoms with Crippen molar-refractivity contribution in [3.63, 3.8) is 0 Å². The van der Waals surface area contributed by atoms with Crippen LogP contribution in [0.25, 0.3) is 0 Å². The SMILES string of the molecule is CC(C)N(CC(=O)Nc1cc(C(C)(C)C)nn1C)C(=O)COc1ccccc1. The molecule has 0 saturated heterocycles. The number of carbonyl (C=O) groups excluding carboxylic acids is 2. The molecule has 0 bridgehead atoms. The number of ether oxygens (including phenoxy) is 1. The van der Waals surface area contributed by atoms with Gasteiger partial charge in [-0.1, -0.05) is 39.0 Å². The summed E-state index contributed by atoms with van der Waals surface area (Å²) in [5, 5.41) is 7.29. The van der Waals surface area contributed by atoms with Crippen molar-refractivity contribution in [2.24, 2.45) is 7.05 Å². The largest absolute Gasteiger partial charge is 0.484 e. The van der Waals surface area contributed by atoms with Gasteiger partial charge in [0.1, 0.15) is 18.1 Å². The Hall–Kier alpha value is -2.83. The molecule has 0 saturated carbocycles. The highest BCUT2D eigenvalue weighted by molar-refractivity contribution is 5.94. The molecule has 0 radical (unpaired) electrons. The van der Waals surface area contributed by atoms with Gasteiger partial charge >= 0.3 is 0 Å². The normalized spacial score (nSPS) is 11.4. The number of anilines is 1. The zero-order chi connectivity index (χ0) is 20.9. The van der Waals surface area contributed by atoms with E-state index < -0.39 is 0 Å². The third kappa shape index (κ3) is 5.84. The van der Waals surface area contributed by atoms with Crippen LogP contribution in [0, 0.1) is 0 Å². The monoisotopic (exact) mass is 386 g/mol. The molecule has 0 aliphatic carbocycles. The molecule has 0 aliphatic heterocycles. The van der Waals surface area contributed by atoms with Crippen molar-refractivity contribution < 1.29 is 14.3 Å². The Morgan fingerprint density at radius 3 is 2.39 bits per heavy atom. The van der Waals surface area contributed by atoms with Gasteiger partial charge in [0, 0.05) is 24.6 Å². The van der Waals surface area contributed by atoms with Crippen molar-refractivity contribution in [1.29, 1.82) is 0 Å². The van der Waals surface area contributed by atoms with Gasteiger partial charge in [0.25, 0.3) is 5.91 Å². The Kier molecular flexibility index (Phi) is 6.83. The lowest BCUT2D eigenvalue weighted by molar-refractivity contribution is -0.138. The summed E-state index contributed by atoms with van der Waals surface area (Å²) in [6.45, 7) is 9.76. The predicted molar refractivity (Wildman–Crippen MR) is 109 cm³/mol. The number of nitrogens with one attached hydrogen (secondary N) is 1. The Morgan fingerprint density at radius 2 is 1.86 bits per heavy atom. The number of carbonyl (C=O) groups is 2. The van der Waals surface area contributed by atoms with E-state index in [0.29, 0.717) is 11.6 Å². The summed E-state index contributed by atoms with van der Waals surface area (Å²) >= 11 is 0. The molecule has 2 rings (SSSR count). The maximum absolute atomic E-state index is 12.6. The van der Waals surface area contributed by atoms with Crippen LogP contribution in [0.4, 0.5) is 5.82 Å². The maximum atomic E-state index is 12.6. The fourth-order valence-corrected chi connectivity index (χ4v) is 2.59. The fourth-order valence-electron chi connectivity index (χ4n) is 2.59. The number of hydrogen-bond donors (Lipinski definition) is 1. The molecule has 1 aromatic heterocycles. The lowest BCUT2D eigenvalue weighted by Crippen LogP contribution is -2.44. The zero-order valence-corrected chi connectivity index (χ0v) is 17.5. The lowest BCUT2D eigenvalue weighted by Gasteiger charge is -2.26. The Bertz CT molecular complexity index is 807. The van der Waals surface area contributed by atoms with Gasteiger partial charge in [-0.3, -0.25) is 14.3 Å². The standard InChI is InChI=1S/C21H30N4O3/c1-15(2)25(20(27)14-28-16-10-8-7-9-11-16)13-19(26)22-18-12-17(21(3,4)5)23-24(18)6/h7-12,15H,13-14H2,1-6H3,(H,22,26). The summed E-state index contributed by atoms with van der Waals surface area (Å²) in [4.78, 5) is 26.6. The van der Waals surface area contributed by atoms with Crippen LogP contribution in [-0.4, -0.2) is 45.7 Å².